The molecular weight excluding hydrogens is 383 g/mol. The second-order valence-electron chi connectivity index (χ2n) is 8.38. The number of fused-ring (bicyclic) bond motifs is 2. The van der Waals surface area contributed by atoms with E-state index < -0.39 is 6.04 Å². The number of piperazine rings is 1. The van der Waals surface area contributed by atoms with Crippen LogP contribution < -0.4 is 15.5 Å². The highest BCUT2D eigenvalue weighted by molar-refractivity contribution is 5.98. The molecule has 0 bridgehead atoms. The van der Waals surface area contributed by atoms with Crippen molar-refractivity contribution < 1.29 is 14.0 Å². The van der Waals surface area contributed by atoms with Gasteiger partial charge < -0.3 is 20.4 Å². The summed E-state index contributed by atoms with van der Waals surface area (Å²) in [4.78, 5) is 29.0. The van der Waals surface area contributed by atoms with Gasteiger partial charge in [0.15, 0.2) is 0 Å². The summed E-state index contributed by atoms with van der Waals surface area (Å²) in [5.41, 5.74) is 4.00. The van der Waals surface area contributed by atoms with Crippen molar-refractivity contribution in [2.75, 3.05) is 35.2 Å². The van der Waals surface area contributed by atoms with Gasteiger partial charge in [0.05, 0.1) is 0 Å². The lowest BCUT2D eigenvalue weighted by molar-refractivity contribution is -0.129. The molecule has 2 fully saturated rings. The molecule has 0 spiro atoms. The molecule has 5 rings (SSSR count). The molecule has 2 N–H and O–H groups in total. The second-order valence-corrected chi connectivity index (χ2v) is 8.38. The topological polar surface area (TPSA) is 64.7 Å². The maximum atomic E-state index is 14.1. The Morgan fingerprint density at radius 1 is 1.23 bits per heavy atom. The zero-order valence-electron chi connectivity index (χ0n) is 17.0. The molecule has 2 saturated heterocycles. The van der Waals surface area contributed by atoms with Crippen LogP contribution in [0.4, 0.5) is 21.5 Å². The molecule has 2 aromatic rings. The summed E-state index contributed by atoms with van der Waals surface area (Å²) in [6.07, 6.45) is 1.90. The van der Waals surface area contributed by atoms with E-state index >= 15 is 0 Å². The van der Waals surface area contributed by atoms with E-state index in [1.54, 1.807) is 6.07 Å². The molecule has 2 atom stereocenters. The Labute approximate surface area is 175 Å². The van der Waals surface area contributed by atoms with Crippen molar-refractivity contribution in [1.29, 1.82) is 0 Å². The highest BCUT2D eigenvalue weighted by atomic mass is 19.1. The van der Waals surface area contributed by atoms with Crippen LogP contribution in [0.25, 0.3) is 0 Å². The lowest BCUT2D eigenvalue weighted by Gasteiger charge is -2.39. The van der Waals surface area contributed by atoms with Gasteiger partial charge >= 0.3 is 0 Å². The number of nitrogens with one attached hydrogen (secondary N) is 2. The van der Waals surface area contributed by atoms with Crippen LogP contribution in [0.2, 0.25) is 0 Å². The Bertz CT molecular complexity index is 993. The number of hydrogen-bond acceptors (Lipinski definition) is 4. The molecule has 2 amide bonds. The molecule has 0 radical (unpaired) electrons. The van der Waals surface area contributed by atoms with Crippen molar-refractivity contribution in [1.82, 2.24) is 4.90 Å². The molecule has 7 heteroatoms. The molecule has 0 saturated carbocycles. The van der Waals surface area contributed by atoms with E-state index in [-0.39, 0.29) is 23.7 Å². The summed E-state index contributed by atoms with van der Waals surface area (Å²) in [5, 5.41) is 6.15. The van der Waals surface area contributed by atoms with Crippen molar-refractivity contribution in [3.8, 4) is 0 Å². The van der Waals surface area contributed by atoms with Crippen LogP contribution >= 0.6 is 0 Å². The first-order chi connectivity index (χ1) is 14.5. The Morgan fingerprint density at radius 2 is 2.10 bits per heavy atom. The maximum absolute atomic E-state index is 14.1. The van der Waals surface area contributed by atoms with Crippen LogP contribution in [-0.4, -0.2) is 48.4 Å². The molecule has 156 valence electrons. The first-order valence-corrected chi connectivity index (χ1v) is 10.5. The van der Waals surface area contributed by atoms with Crippen molar-refractivity contribution in [3.63, 3.8) is 0 Å². The van der Waals surface area contributed by atoms with Gasteiger partial charge in [-0.05, 0) is 43.2 Å². The number of aryl methyl sites for hydroxylation is 1. The van der Waals surface area contributed by atoms with Gasteiger partial charge in [-0.25, -0.2) is 4.39 Å². The molecule has 3 aliphatic rings. The zero-order valence-corrected chi connectivity index (χ0v) is 17.0. The number of nitrogens with zero attached hydrogens (tertiary/aromatic N) is 2. The van der Waals surface area contributed by atoms with Crippen LogP contribution in [0.5, 0.6) is 0 Å². The minimum Gasteiger partial charge on any atom is -0.373 e. The summed E-state index contributed by atoms with van der Waals surface area (Å²) >= 11 is 0. The number of hydrogen-bond donors (Lipinski definition) is 2. The molecule has 2 aromatic carbocycles. The Hall–Kier alpha value is -3.09. The lowest BCUT2D eigenvalue weighted by atomic mass is 10.1. The molecule has 3 heterocycles. The standard InChI is InChI=1S/C23H25FN4O2/c1-14-5-7-19(24)18-12-20(26-22(14)18)23(30)25-15-3-2-4-16(11-15)27-9-10-28-17(13-27)6-8-21(28)29/h2-5,7,11,17,20,26H,6,8-10,12-13H2,1H3,(H,25,30). The molecular formula is C23H25FN4O2. The van der Waals surface area contributed by atoms with Crippen molar-refractivity contribution in [2.45, 2.75) is 38.3 Å². The van der Waals surface area contributed by atoms with E-state index in [9.17, 15) is 14.0 Å². The Balaban J connectivity index is 1.27. The number of amides is 2. The van der Waals surface area contributed by atoms with Crippen LogP contribution in [0.3, 0.4) is 0 Å². The van der Waals surface area contributed by atoms with Crippen molar-refractivity contribution in [3.05, 3.63) is 53.3 Å². The Kier molecular flexibility index (Phi) is 4.60. The molecule has 3 aliphatic heterocycles. The number of benzene rings is 2. The maximum Gasteiger partial charge on any atom is 0.247 e. The van der Waals surface area contributed by atoms with E-state index in [1.807, 2.05) is 36.1 Å². The minimum absolute atomic E-state index is 0.173. The number of rotatable bonds is 3. The molecule has 6 nitrogen and oxygen atoms in total. The van der Waals surface area contributed by atoms with E-state index in [1.165, 1.54) is 6.07 Å². The molecule has 0 aliphatic carbocycles. The monoisotopic (exact) mass is 408 g/mol. The third-order valence-electron chi connectivity index (χ3n) is 6.48. The summed E-state index contributed by atoms with van der Waals surface area (Å²) in [6.45, 7) is 4.26. The fraction of sp³-hybridized carbons (Fsp3) is 0.391. The van der Waals surface area contributed by atoms with E-state index in [2.05, 4.69) is 15.5 Å². The van der Waals surface area contributed by atoms with Crippen LogP contribution in [0, 0.1) is 12.7 Å². The summed E-state index contributed by atoms with van der Waals surface area (Å²) < 4.78 is 14.1. The molecule has 2 unspecified atom stereocenters. The smallest absolute Gasteiger partial charge is 0.247 e. The largest absolute Gasteiger partial charge is 0.373 e. The third-order valence-corrected chi connectivity index (χ3v) is 6.48. The predicted molar refractivity (Wildman–Crippen MR) is 114 cm³/mol. The fourth-order valence-corrected chi connectivity index (χ4v) is 4.84. The quantitative estimate of drug-likeness (QED) is 0.820. The SMILES string of the molecule is Cc1ccc(F)c2c1NC(C(=O)Nc1cccc(N3CCN4C(=O)CCC4C3)c1)C2. The van der Waals surface area contributed by atoms with E-state index in [0.717, 1.165) is 48.7 Å². The first-order valence-electron chi connectivity index (χ1n) is 10.5. The lowest BCUT2D eigenvalue weighted by Crippen LogP contribution is -2.51. The Morgan fingerprint density at radius 3 is 2.93 bits per heavy atom. The van der Waals surface area contributed by atoms with Gasteiger partial charge in [-0.3, -0.25) is 9.59 Å². The van der Waals surface area contributed by atoms with Crippen molar-refractivity contribution in [2.24, 2.45) is 0 Å². The van der Waals surface area contributed by atoms with Crippen LogP contribution in [-0.2, 0) is 16.0 Å². The number of carbonyl (C=O) groups is 2. The number of anilines is 3. The summed E-state index contributed by atoms with van der Waals surface area (Å²) in [6, 6.07) is 10.8. The van der Waals surface area contributed by atoms with E-state index in [4.69, 9.17) is 0 Å². The molecule has 30 heavy (non-hydrogen) atoms. The van der Waals surface area contributed by atoms with E-state index in [0.29, 0.717) is 18.4 Å². The average Bonchev–Trinajstić information content (AvgIpc) is 3.36. The number of halogens is 1. The van der Waals surface area contributed by atoms with Crippen molar-refractivity contribution >= 4 is 28.9 Å². The van der Waals surface area contributed by atoms with Gasteiger partial charge in [0.25, 0.3) is 0 Å². The minimum atomic E-state index is -0.493. The van der Waals surface area contributed by atoms with Crippen LogP contribution in [0.15, 0.2) is 36.4 Å². The predicted octanol–water partition coefficient (Wildman–Crippen LogP) is 2.92. The van der Waals surface area contributed by atoms with Gasteiger partial charge in [-0.15, -0.1) is 0 Å². The summed E-state index contributed by atoms with van der Waals surface area (Å²) in [7, 11) is 0. The van der Waals surface area contributed by atoms with Gasteiger partial charge in [0.1, 0.15) is 11.9 Å². The highest BCUT2D eigenvalue weighted by Crippen LogP contribution is 2.32. The third kappa shape index (κ3) is 3.28. The van der Waals surface area contributed by atoms with Gasteiger partial charge in [0, 0.05) is 61.1 Å². The normalized spacial score (nSPS) is 22.5. The van der Waals surface area contributed by atoms with Gasteiger partial charge in [-0.1, -0.05) is 12.1 Å². The average molecular weight is 408 g/mol. The number of carbonyl (C=O) groups excluding carboxylic acids is 2. The summed E-state index contributed by atoms with van der Waals surface area (Å²) in [5.74, 6) is -0.185. The molecule has 0 aromatic heterocycles. The second kappa shape index (κ2) is 7.31. The zero-order chi connectivity index (χ0) is 20.8. The van der Waals surface area contributed by atoms with Gasteiger partial charge in [-0.2, -0.15) is 0 Å². The highest BCUT2D eigenvalue weighted by Gasteiger charge is 2.35. The van der Waals surface area contributed by atoms with Crippen LogP contribution in [0.1, 0.15) is 24.0 Å². The fourth-order valence-electron chi connectivity index (χ4n) is 4.84. The van der Waals surface area contributed by atoms with Gasteiger partial charge in [0.2, 0.25) is 11.8 Å². The first kappa shape index (κ1) is 18.9.